The van der Waals surface area contributed by atoms with Crippen molar-refractivity contribution < 1.29 is 0 Å². The molecular formula is C42H56. The second-order valence-corrected chi connectivity index (χ2v) is 17.7. The first-order chi connectivity index (χ1) is 19.6. The summed E-state index contributed by atoms with van der Waals surface area (Å²) in [6.07, 6.45) is 18.5. The fraction of sp³-hybridized carbons (Fsp3) is 0.571. The molecule has 2 saturated carbocycles. The molecule has 2 aromatic rings. The normalized spacial score (nSPS) is 33.8. The third kappa shape index (κ3) is 5.31. The van der Waals surface area contributed by atoms with E-state index in [0.29, 0.717) is 46.8 Å². The number of hydrogen-bond acceptors (Lipinski definition) is 0. The molecule has 0 heteroatoms. The Bertz CT molecular complexity index is 1390. The topological polar surface area (TPSA) is 0 Å². The molecule has 6 rings (SSSR count). The molecule has 0 N–H and O–H groups in total. The van der Waals surface area contributed by atoms with Crippen molar-refractivity contribution in [2.75, 3.05) is 0 Å². The number of hydrogen-bond donors (Lipinski definition) is 0. The molecule has 0 amide bonds. The number of rotatable bonds is 3. The van der Waals surface area contributed by atoms with Gasteiger partial charge in [-0.05, 0) is 110 Å². The maximum absolute atomic E-state index is 2.71. The van der Waals surface area contributed by atoms with Gasteiger partial charge in [0.2, 0.25) is 0 Å². The van der Waals surface area contributed by atoms with Gasteiger partial charge >= 0.3 is 0 Å². The number of benzene rings is 2. The molecular weight excluding hydrogens is 504 g/mol. The SMILES string of the molecule is CC1CC(C(C)(C)C)CC1[C@@H](c1ccc2ccccc2c1)C1C2C=CC(C(C)(C)C)=CC2C2C=C(C(C)(C)C)C=CC21. The number of fused-ring (bicyclic) bond motifs is 4. The molecule has 0 radical (unpaired) electrons. The zero-order chi connectivity index (χ0) is 30.2. The molecule has 7 unspecified atom stereocenters. The quantitative estimate of drug-likeness (QED) is 0.350. The highest BCUT2D eigenvalue weighted by Gasteiger charge is 2.55. The molecule has 42 heavy (non-hydrogen) atoms. The van der Waals surface area contributed by atoms with Crippen LogP contribution in [0, 0.1) is 63.6 Å². The lowest BCUT2D eigenvalue weighted by molar-refractivity contribution is 0.196. The molecule has 0 aliphatic heterocycles. The summed E-state index contributed by atoms with van der Waals surface area (Å²) in [5.74, 6) is 5.69. The van der Waals surface area contributed by atoms with Crippen molar-refractivity contribution in [3.63, 3.8) is 0 Å². The van der Waals surface area contributed by atoms with Crippen LogP contribution in [0.3, 0.4) is 0 Å². The van der Waals surface area contributed by atoms with Crippen LogP contribution in [-0.2, 0) is 0 Å². The molecule has 0 bridgehead atoms. The predicted molar refractivity (Wildman–Crippen MR) is 182 cm³/mol. The van der Waals surface area contributed by atoms with Crippen LogP contribution in [-0.4, -0.2) is 0 Å². The minimum Gasteiger partial charge on any atom is -0.0802 e. The lowest BCUT2D eigenvalue weighted by atomic mass is 9.64. The number of allylic oxidation sites excluding steroid dienone is 8. The third-order valence-electron chi connectivity index (χ3n) is 11.9. The Kier molecular flexibility index (Phi) is 7.35. The Labute approximate surface area is 257 Å². The van der Waals surface area contributed by atoms with Crippen molar-refractivity contribution in [3.8, 4) is 0 Å². The van der Waals surface area contributed by atoms with Crippen LogP contribution in [0.25, 0.3) is 10.8 Å². The highest BCUT2D eigenvalue weighted by molar-refractivity contribution is 5.83. The first-order valence-corrected chi connectivity index (χ1v) is 16.9. The maximum Gasteiger partial charge on any atom is -0.00907 e. The summed E-state index contributed by atoms with van der Waals surface area (Å²) in [7, 11) is 0. The highest BCUT2D eigenvalue weighted by Crippen LogP contribution is 2.62. The van der Waals surface area contributed by atoms with Crippen molar-refractivity contribution in [2.24, 2.45) is 63.6 Å². The van der Waals surface area contributed by atoms with Gasteiger partial charge in [0.25, 0.3) is 0 Å². The van der Waals surface area contributed by atoms with E-state index in [2.05, 4.69) is 148 Å². The van der Waals surface area contributed by atoms with Crippen LogP contribution < -0.4 is 0 Å². The van der Waals surface area contributed by atoms with Gasteiger partial charge in [-0.1, -0.05) is 148 Å². The van der Waals surface area contributed by atoms with Crippen LogP contribution in [0.1, 0.15) is 93.6 Å². The minimum atomic E-state index is 0.174. The average Bonchev–Trinajstić information content (AvgIpc) is 3.46. The first kappa shape index (κ1) is 29.7. The second kappa shape index (κ2) is 10.4. The van der Waals surface area contributed by atoms with Gasteiger partial charge in [-0.2, -0.15) is 0 Å². The highest BCUT2D eigenvalue weighted by atomic mass is 14.6. The van der Waals surface area contributed by atoms with E-state index < -0.39 is 0 Å². The van der Waals surface area contributed by atoms with E-state index in [9.17, 15) is 0 Å². The van der Waals surface area contributed by atoms with Gasteiger partial charge in [0.1, 0.15) is 0 Å². The van der Waals surface area contributed by atoms with E-state index in [4.69, 9.17) is 0 Å². The second-order valence-electron chi connectivity index (χ2n) is 17.7. The van der Waals surface area contributed by atoms with E-state index >= 15 is 0 Å². The summed E-state index contributed by atoms with van der Waals surface area (Å²) in [5.41, 5.74) is 5.34. The molecule has 4 aliphatic carbocycles. The van der Waals surface area contributed by atoms with Gasteiger partial charge in [-0.3, -0.25) is 0 Å². The Morgan fingerprint density at radius 3 is 1.69 bits per heavy atom. The maximum atomic E-state index is 2.71. The van der Waals surface area contributed by atoms with Gasteiger partial charge < -0.3 is 0 Å². The summed E-state index contributed by atoms with van der Waals surface area (Å²) in [5, 5.41) is 2.76. The van der Waals surface area contributed by atoms with Gasteiger partial charge in [0, 0.05) is 0 Å². The van der Waals surface area contributed by atoms with Crippen LogP contribution in [0.2, 0.25) is 0 Å². The van der Waals surface area contributed by atoms with Crippen LogP contribution in [0.4, 0.5) is 0 Å². The standard InChI is InChI=1S/C42H56/c1-26-21-32(42(8,9)10)25-35(26)38(29-16-15-27-13-11-12-14-28(27)22-29)39-33-19-17-30(40(2,3)4)23-36(33)37-24-31(41(5,6)7)18-20-34(37)39/h11-20,22-24,26,32-39H,21,25H2,1-10H3/t26?,32?,33?,34?,35?,36?,37?,38-,39?/m1/s1. The predicted octanol–water partition coefficient (Wildman–Crippen LogP) is 11.8. The summed E-state index contributed by atoms with van der Waals surface area (Å²) in [6.45, 7) is 24.3. The van der Waals surface area contributed by atoms with Crippen molar-refractivity contribution in [2.45, 2.75) is 88.0 Å². The monoisotopic (exact) mass is 560 g/mol. The smallest absolute Gasteiger partial charge is 0.00907 e. The Balaban J connectivity index is 1.50. The van der Waals surface area contributed by atoms with Crippen LogP contribution >= 0.6 is 0 Å². The van der Waals surface area contributed by atoms with Crippen LogP contribution in [0.5, 0.6) is 0 Å². The lowest BCUT2D eigenvalue weighted by Crippen LogP contribution is -2.31. The van der Waals surface area contributed by atoms with Gasteiger partial charge in [-0.25, -0.2) is 0 Å². The van der Waals surface area contributed by atoms with Crippen molar-refractivity contribution in [1.82, 2.24) is 0 Å². The summed E-state index contributed by atoms with van der Waals surface area (Å²) >= 11 is 0. The summed E-state index contributed by atoms with van der Waals surface area (Å²) < 4.78 is 0. The zero-order valence-corrected chi connectivity index (χ0v) is 28.1. The molecule has 0 nitrogen and oxygen atoms in total. The fourth-order valence-electron chi connectivity index (χ4n) is 9.33. The Hall–Kier alpha value is -2.34. The van der Waals surface area contributed by atoms with E-state index in [1.165, 1.54) is 34.8 Å². The molecule has 0 saturated heterocycles. The van der Waals surface area contributed by atoms with Crippen molar-refractivity contribution in [3.05, 3.63) is 95.6 Å². The molecule has 2 fully saturated rings. The van der Waals surface area contributed by atoms with E-state index in [1.54, 1.807) is 5.56 Å². The van der Waals surface area contributed by atoms with Gasteiger partial charge in [0.15, 0.2) is 0 Å². The minimum absolute atomic E-state index is 0.174. The van der Waals surface area contributed by atoms with Crippen molar-refractivity contribution >= 4 is 10.8 Å². The van der Waals surface area contributed by atoms with Gasteiger partial charge in [-0.15, -0.1) is 0 Å². The van der Waals surface area contributed by atoms with Gasteiger partial charge in [0.05, 0.1) is 0 Å². The zero-order valence-electron chi connectivity index (χ0n) is 28.1. The van der Waals surface area contributed by atoms with E-state index in [0.717, 1.165) is 11.8 Å². The largest absolute Gasteiger partial charge is 0.0802 e. The molecule has 224 valence electrons. The molecule has 4 aliphatic rings. The van der Waals surface area contributed by atoms with Crippen LogP contribution in [0.15, 0.2) is 90.1 Å². The summed E-state index contributed by atoms with van der Waals surface area (Å²) in [4.78, 5) is 0. The molecule has 0 aromatic heterocycles. The summed E-state index contributed by atoms with van der Waals surface area (Å²) in [6, 6.07) is 16.5. The molecule has 0 heterocycles. The average molecular weight is 561 g/mol. The third-order valence-corrected chi connectivity index (χ3v) is 11.9. The lowest BCUT2D eigenvalue weighted by Gasteiger charge is -2.40. The Morgan fingerprint density at radius 2 is 1.19 bits per heavy atom. The molecule has 0 spiro atoms. The molecule has 8 atom stereocenters. The van der Waals surface area contributed by atoms with E-state index in [1.807, 2.05) is 0 Å². The molecule has 2 aromatic carbocycles. The Morgan fingerprint density at radius 1 is 0.643 bits per heavy atom. The first-order valence-electron chi connectivity index (χ1n) is 16.9. The van der Waals surface area contributed by atoms with E-state index in [-0.39, 0.29) is 10.8 Å². The van der Waals surface area contributed by atoms with Crippen molar-refractivity contribution in [1.29, 1.82) is 0 Å². The fourth-order valence-corrected chi connectivity index (χ4v) is 9.33.